The van der Waals surface area contributed by atoms with Gasteiger partial charge in [0, 0.05) is 17.6 Å². The number of unbranched alkanes of at least 4 members (excludes halogenated alkanes) is 1. The van der Waals surface area contributed by atoms with Crippen LogP contribution in [0.25, 0.3) is 0 Å². The Balaban J connectivity index is 2.18. The molecule has 1 atom stereocenters. The van der Waals surface area contributed by atoms with E-state index in [2.05, 4.69) is 16.7 Å². The quantitative estimate of drug-likeness (QED) is 0.559. The standard InChI is InChI=1S/C13H17N4OS/c1-2-3-4-9(12-16-7-8-19-12)10-5-6-11(18-10)17-13(14)15/h2,5-9H,3-4H2,1H3,(H4,14,15,17). The number of hydrogen-bond donors (Lipinski definition) is 3. The Morgan fingerprint density at radius 3 is 3.11 bits per heavy atom. The van der Waals surface area contributed by atoms with Gasteiger partial charge in [0.1, 0.15) is 10.8 Å². The van der Waals surface area contributed by atoms with Crippen molar-refractivity contribution >= 4 is 23.2 Å². The SMILES string of the molecule is C[CH]CCC(c1ccc(NC(=N)N)o1)c1nccs1. The zero-order valence-corrected chi connectivity index (χ0v) is 11.5. The van der Waals surface area contributed by atoms with E-state index in [9.17, 15) is 0 Å². The zero-order chi connectivity index (χ0) is 13.7. The second-order valence-corrected chi connectivity index (χ2v) is 5.08. The van der Waals surface area contributed by atoms with Gasteiger partial charge in [0.05, 0.1) is 5.92 Å². The minimum Gasteiger partial charge on any atom is -0.445 e. The normalized spacial score (nSPS) is 12.3. The van der Waals surface area contributed by atoms with Crippen molar-refractivity contribution in [3.8, 4) is 0 Å². The van der Waals surface area contributed by atoms with Crippen LogP contribution >= 0.6 is 11.3 Å². The summed E-state index contributed by atoms with van der Waals surface area (Å²) in [6, 6.07) is 3.69. The molecule has 0 bridgehead atoms. The molecule has 0 aliphatic rings. The first-order valence-electron chi connectivity index (χ1n) is 6.08. The second-order valence-electron chi connectivity index (χ2n) is 4.15. The third-order valence-corrected chi connectivity index (χ3v) is 3.61. The van der Waals surface area contributed by atoms with E-state index in [-0.39, 0.29) is 11.9 Å². The fraction of sp³-hybridized carbons (Fsp3) is 0.308. The smallest absolute Gasteiger partial charge is 0.199 e. The molecule has 0 saturated carbocycles. The average Bonchev–Trinajstić information content (AvgIpc) is 3.01. The minimum absolute atomic E-state index is 0.131. The number of furan rings is 1. The van der Waals surface area contributed by atoms with Gasteiger partial charge in [-0.05, 0) is 25.3 Å². The molecular formula is C13H17N4OS. The first-order valence-corrected chi connectivity index (χ1v) is 6.96. The van der Waals surface area contributed by atoms with Gasteiger partial charge < -0.3 is 10.2 Å². The number of aromatic nitrogens is 1. The molecule has 19 heavy (non-hydrogen) atoms. The summed E-state index contributed by atoms with van der Waals surface area (Å²) < 4.78 is 5.70. The Morgan fingerprint density at radius 1 is 1.63 bits per heavy atom. The van der Waals surface area contributed by atoms with Gasteiger partial charge in [-0.2, -0.15) is 0 Å². The molecule has 4 N–H and O–H groups in total. The molecule has 2 aromatic rings. The second kappa shape index (κ2) is 6.38. The third kappa shape index (κ3) is 3.57. The molecule has 5 nitrogen and oxygen atoms in total. The first-order chi connectivity index (χ1) is 9.20. The first kappa shape index (κ1) is 13.6. The molecule has 0 spiro atoms. The van der Waals surface area contributed by atoms with E-state index in [1.165, 1.54) is 0 Å². The van der Waals surface area contributed by atoms with Crippen LogP contribution in [0.3, 0.4) is 0 Å². The summed E-state index contributed by atoms with van der Waals surface area (Å²) in [5.74, 6) is 1.36. The Kier molecular flexibility index (Phi) is 4.57. The van der Waals surface area contributed by atoms with Gasteiger partial charge in [0.2, 0.25) is 0 Å². The number of guanidine groups is 1. The molecule has 0 aliphatic heterocycles. The number of rotatable bonds is 6. The minimum atomic E-state index is -0.131. The van der Waals surface area contributed by atoms with Crippen LogP contribution in [0.4, 0.5) is 5.88 Å². The van der Waals surface area contributed by atoms with Crippen LogP contribution in [-0.2, 0) is 0 Å². The Labute approximate surface area is 116 Å². The number of nitrogens with one attached hydrogen (secondary N) is 2. The van der Waals surface area contributed by atoms with Gasteiger partial charge in [-0.25, -0.2) is 4.98 Å². The van der Waals surface area contributed by atoms with E-state index >= 15 is 0 Å². The molecule has 0 aromatic carbocycles. The predicted molar refractivity (Wildman–Crippen MR) is 77.4 cm³/mol. The molecule has 0 aliphatic carbocycles. The van der Waals surface area contributed by atoms with Gasteiger partial charge >= 0.3 is 0 Å². The lowest BCUT2D eigenvalue weighted by Gasteiger charge is -2.11. The van der Waals surface area contributed by atoms with E-state index < -0.39 is 0 Å². The molecule has 2 heterocycles. The van der Waals surface area contributed by atoms with E-state index in [4.69, 9.17) is 15.6 Å². The van der Waals surface area contributed by atoms with Crippen LogP contribution in [0, 0.1) is 11.8 Å². The molecule has 0 amide bonds. The number of nitrogens with two attached hydrogens (primary N) is 1. The van der Waals surface area contributed by atoms with Crippen LogP contribution in [0.2, 0.25) is 0 Å². The van der Waals surface area contributed by atoms with Gasteiger partial charge in [-0.1, -0.05) is 6.92 Å². The van der Waals surface area contributed by atoms with Gasteiger partial charge in [0.25, 0.3) is 0 Å². The highest BCUT2D eigenvalue weighted by atomic mass is 32.1. The zero-order valence-electron chi connectivity index (χ0n) is 10.7. The summed E-state index contributed by atoms with van der Waals surface area (Å²) in [6.45, 7) is 2.05. The van der Waals surface area contributed by atoms with Crippen LogP contribution in [0.1, 0.15) is 36.5 Å². The summed E-state index contributed by atoms with van der Waals surface area (Å²) in [7, 11) is 0. The fourth-order valence-electron chi connectivity index (χ4n) is 1.87. The molecule has 2 aromatic heterocycles. The maximum Gasteiger partial charge on any atom is 0.199 e. The average molecular weight is 277 g/mol. The molecule has 6 heteroatoms. The molecule has 0 fully saturated rings. The van der Waals surface area contributed by atoms with E-state index in [0.29, 0.717) is 5.88 Å². The van der Waals surface area contributed by atoms with Crippen LogP contribution in [0.15, 0.2) is 28.1 Å². The van der Waals surface area contributed by atoms with Gasteiger partial charge in [0.15, 0.2) is 11.8 Å². The summed E-state index contributed by atoms with van der Waals surface area (Å²) in [6.07, 6.45) is 5.90. The summed E-state index contributed by atoms with van der Waals surface area (Å²) >= 11 is 1.63. The van der Waals surface area contributed by atoms with Gasteiger partial charge in [-0.3, -0.25) is 10.7 Å². The van der Waals surface area contributed by atoms with E-state index in [1.54, 1.807) is 23.6 Å². The van der Waals surface area contributed by atoms with Crippen molar-refractivity contribution < 1.29 is 4.42 Å². The summed E-state index contributed by atoms with van der Waals surface area (Å²) in [5, 5.41) is 12.9. The van der Waals surface area contributed by atoms with Crippen molar-refractivity contribution in [3.05, 3.63) is 40.9 Å². The number of anilines is 1. The van der Waals surface area contributed by atoms with Crippen LogP contribution in [-0.4, -0.2) is 10.9 Å². The molecule has 0 saturated heterocycles. The number of nitrogens with zero attached hydrogens (tertiary/aromatic N) is 1. The van der Waals surface area contributed by atoms with E-state index in [1.807, 2.05) is 18.4 Å². The molecule has 1 unspecified atom stereocenters. The highest BCUT2D eigenvalue weighted by Crippen LogP contribution is 2.33. The fourth-order valence-corrected chi connectivity index (χ4v) is 2.65. The largest absolute Gasteiger partial charge is 0.445 e. The van der Waals surface area contributed by atoms with Crippen molar-refractivity contribution in [3.63, 3.8) is 0 Å². The lowest BCUT2D eigenvalue weighted by molar-refractivity contribution is 0.485. The summed E-state index contributed by atoms with van der Waals surface area (Å²) in [4.78, 5) is 4.37. The Hall–Kier alpha value is -1.82. The van der Waals surface area contributed by atoms with E-state index in [0.717, 1.165) is 23.6 Å². The van der Waals surface area contributed by atoms with Crippen LogP contribution < -0.4 is 11.1 Å². The number of thiazole rings is 1. The Bertz CT molecular complexity index is 520. The number of hydrogen-bond acceptors (Lipinski definition) is 4. The van der Waals surface area contributed by atoms with Gasteiger partial charge in [-0.15, -0.1) is 11.3 Å². The van der Waals surface area contributed by atoms with Crippen LogP contribution in [0.5, 0.6) is 0 Å². The lowest BCUT2D eigenvalue weighted by Crippen LogP contribution is -2.19. The van der Waals surface area contributed by atoms with Crippen molar-refractivity contribution in [2.45, 2.75) is 25.7 Å². The lowest BCUT2D eigenvalue weighted by atomic mass is 10.0. The predicted octanol–water partition coefficient (Wildman–Crippen LogP) is 3.18. The third-order valence-electron chi connectivity index (χ3n) is 2.72. The van der Waals surface area contributed by atoms with Crippen molar-refractivity contribution in [1.29, 1.82) is 5.41 Å². The highest BCUT2D eigenvalue weighted by molar-refractivity contribution is 7.09. The topological polar surface area (TPSA) is 87.9 Å². The van der Waals surface area contributed by atoms with Crippen molar-refractivity contribution in [2.75, 3.05) is 5.32 Å². The summed E-state index contributed by atoms with van der Waals surface area (Å²) in [5.41, 5.74) is 5.28. The maximum absolute atomic E-state index is 7.19. The monoisotopic (exact) mass is 277 g/mol. The molecule has 101 valence electrons. The Morgan fingerprint density at radius 2 is 2.47 bits per heavy atom. The maximum atomic E-state index is 7.19. The van der Waals surface area contributed by atoms with Crippen molar-refractivity contribution in [2.24, 2.45) is 5.73 Å². The molecule has 1 radical (unpaired) electrons. The highest BCUT2D eigenvalue weighted by Gasteiger charge is 2.20. The molecular weight excluding hydrogens is 260 g/mol. The molecule has 2 rings (SSSR count). The van der Waals surface area contributed by atoms with Crippen molar-refractivity contribution in [1.82, 2.24) is 4.98 Å².